The number of alkyl halides is 3. The number of primary sulfonamides is 1. The molecule has 0 aliphatic rings. The highest BCUT2D eigenvalue weighted by atomic mass is 32.2. The number of thiazole rings is 1. The molecule has 0 fully saturated rings. The van der Waals surface area contributed by atoms with Gasteiger partial charge in [0.15, 0.2) is 4.80 Å². The van der Waals surface area contributed by atoms with Gasteiger partial charge in [0.05, 0.1) is 27.2 Å². The normalized spacial score (nSPS) is 12.9. The molecule has 1 amide bonds. The van der Waals surface area contributed by atoms with Crippen LogP contribution in [0.5, 0.6) is 0 Å². The zero-order valence-electron chi connectivity index (χ0n) is 14.5. The molecule has 150 valence electrons. The largest absolute Gasteiger partial charge is 0.416 e. The van der Waals surface area contributed by atoms with Crippen LogP contribution in [0.1, 0.15) is 15.9 Å². The number of terminal acetylenes is 1. The molecule has 2 aromatic carbocycles. The summed E-state index contributed by atoms with van der Waals surface area (Å²) in [4.78, 5) is 16.4. The Balaban J connectivity index is 2.10. The number of sulfonamides is 1. The zero-order valence-corrected chi connectivity index (χ0v) is 16.1. The van der Waals surface area contributed by atoms with Crippen LogP contribution in [0.3, 0.4) is 0 Å². The van der Waals surface area contributed by atoms with Gasteiger partial charge in [0.2, 0.25) is 10.0 Å². The molecular formula is C18H12F3N3O3S2. The second kappa shape index (κ2) is 7.47. The molecule has 2 N–H and O–H groups in total. The van der Waals surface area contributed by atoms with E-state index in [0.717, 1.165) is 35.6 Å². The molecular weight excluding hydrogens is 427 g/mol. The van der Waals surface area contributed by atoms with Gasteiger partial charge in [0, 0.05) is 5.56 Å². The molecule has 1 aromatic heterocycles. The molecule has 0 spiro atoms. The average Bonchev–Trinajstić information content (AvgIpc) is 2.97. The second-order valence-corrected chi connectivity index (χ2v) is 8.41. The molecule has 0 saturated heterocycles. The Bertz CT molecular complexity index is 1310. The van der Waals surface area contributed by atoms with Crippen molar-refractivity contribution < 1.29 is 26.4 Å². The van der Waals surface area contributed by atoms with Crippen LogP contribution in [0.15, 0.2) is 52.4 Å². The van der Waals surface area contributed by atoms with E-state index in [4.69, 9.17) is 11.6 Å². The van der Waals surface area contributed by atoms with Gasteiger partial charge in [-0.25, -0.2) is 13.6 Å². The lowest BCUT2D eigenvalue weighted by Gasteiger charge is -2.06. The topological polar surface area (TPSA) is 94.5 Å². The van der Waals surface area contributed by atoms with Crippen molar-refractivity contribution in [3.63, 3.8) is 0 Å². The van der Waals surface area contributed by atoms with Crippen molar-refractivity contribution in [2.75, 3.05) is 0 Å². The first kappa shape index (κ1) is 20.8. The number of amides is 1. The predicted octanol–water partition coefficient (Wildman–Crippen LogP) is 2.74. The lowest BCUT2D eigenvalue weighted by Crippen LogP contribution is -2.16. The van der Waals surface area contributed by atoms with Gasteiger partial charge in [-0.3, -0.25) is 4.79 Å². The smallest absolute Gasteiger partial charge is 0.305 e. The van der Waals surface area contributed by atoms with Crippen LogP contribution >= 0.6 is 11.3 Å². The second-order valence-electron chi connectivity index (χ2n) is 5.84. The van der Waals surface area contributed by atoms with E-state index >= 15 is 0 Å². The fourth-order valence-electron chi connectivity index (χ4n) is 2.51. The SMILES string of the molecule is C#CCn1c(=NC(=O)c2ccc(C(F)(F)F)cc2)sc2cc(S(N)(=O)=O)ccc21. The monoisotopic (exact) mass is 439 g/mol. The number of carbonyl (C=O) groups is 1. The number of hydrogen-bond donors (Lipinski definition) is 1. The molecule has 29 heavy (non-hydrogen) atoms. The first-order chi connectivity index (χ1) is 13.5. The summed E-state index contributed by atoms with van der Waals surface area (Å²) in [6.45, 7) is 0.0495. The van der Waals surface area contributed by atoms with E-state index in [1.54, 1.807) is 0 Å². The molecule has 0 saturated carbocycles. The third kappa shape index (κ3) is 4.40. The molecule has 6 nitrogen and oxygen atoms in total. The maximum Gasteiger partial charge on any atom is 0.416 e. The van der Waals surface area contributed by atoms with Crippen molar-refractivity contribution in [3.05, 3.63) is 58.4 Å². The standard InChI is InChI=1S/C18H12F3N3O3S2/c1-2-9-24-14-8-7-13(29(22,26)27)10-15(14)28-17(24)23-16(25)11-3-5-12(6-4-11)18(19,20)21/h1,3-8,10H,9H2,(H2,22,26,27). The Morgan fingerprint density at radius 3 is 2.41 bits per heavy atom. The Kier molecular flexibility index (Phi) is 5.36. The van der Waals surface area contributed by atoms with Gasteiger partial charge >= 0.3 is 6.18 Å². The van der Waals surface area contributed by atoms with E-state index in [1.807, 2.05) is 0 Å². The number of hydrogen-bond acceptors (Lipinski definition) is 4. The predicted molar refractivity (Wildman–Crippen MR) is 101 cm³/mol. The van der Waals surface area contributed by atoms with Crippen molar-refractivity contribution >= 4 is 37.5 Å². The average molecular weight is 439 g/mol. The number of aromatic nitrogens is 1. The van der Waals surface area contributed by atoms with Gasteiger partial charge in [0.25, 0.3) is 5.91 Å². The number of carbonyl (C=O) groups excluding carboxylic acids is 1. The van der Waals surface area contributed by atoms with Gasteiger partial charge in [-0.05, 0) is 42.5 Å². The zero-order chi connectivity index (χ0) is 21.4. The number of nitrogens with zero attached hydrogens (tertiary/aromatic N) is 2. The highest BCUT2D eigenvalue weighted by molar-refractivity contribution is 7.89. The Morgan fingerprint density at radius 1 is 1.21 bits per heavy atom. The van der Waals surface area contributed by atoms with Crippen molar-refractivity contribution in [2.24, 2.45) is 10.1 Å². The highest BCUT2D eigenvalue weighted by Crippen LogP contribution is 2.29. The molecule has 0 bridgehead atoms. The number of rotatable bonds is 3. The van der Waals surface area contributed by atoms with Crippen molar-refractivity contribution in [2.45, 2.75) is 17.6 Å². The van der Waals surface area contributed by atoms with Gasteiger partial charge in [0.1, 0.15) is 0 Å². The third-order valence-electron chi connectivity index (χ3n) is 3.89. The number of benzene rings is 2. The van der Waals surface area contributed by atoms with Crippen molar-refractivity contribution in [1.29, 1.82) is 0 Å². The van der Waals surface area contributed by atoms with Crippen LogP contribution in [-0.4, -0.2) is 18.9 Å². The minimum atomic E-state index is -4.51. The Labute approximate surface area is 167 Å². The summed E-state index contributed by atoms with van der Waals surface area (Å²) >= 11 is 1.00. The molecule has 1 heterocycles. The number of fused-ring (bicyclic) bond motifs is 1. The van der Waals surface area contributed by atoms with Gasteiger partial charge in [-0.1, -0.05) is 17.3 Å². The molecule has 0 unspecified atom stereocenters. The fourth-order valence-corrected chi connectivity index (χ4v) is 4.19. The van der Waals surface area contributed by atoms with E-state index in [-0.39, 0.29) is 21.8 Å². The Morgan fingerprint density at radius 2 is 1.86 bits per heavy atom. The van der Waals surface area contributed by atoms with E-state index in [2.05, 4.69) is 10.9 Å². The van der Waals surface area contributed by atoms with Crippen LogP contribution in [-0.2, 0) is 22.7 Å². The van der Waals surface area contributed by atoms with Crippen LogP contribution in [0.2, 0.25) is 0 Å². The summed E-state index contributed by atoms with van der Waals surface area (Å²) in [5.74, 6) is 1.65. The lowest BCUT2D eigenvalue weighted by atomic mass is 10.1. The maximum absolute atomic E-state index is 12.7. The van der Waals surface area contributed by atoms with Crippen molar-refractivity contribution in [3.8, 4) is 12.3 Å². The van der Waals surface area contributed by atoms with Crippen LogP contribution in [0.25, 0.3) is 10.2 Å². The summed E-state index contributed by atoms with van der Waals surface area (Å²) in [5, 5.41) is 5.13. The molecule has 0 atom stereocenters. The minimum absolute atomic E-state index is 0.0343. The van der Waals surface area contributed by atoms with Crippen molar-refractivity contribution in [1.82, 2.24) is 4.57 Å². The van der Waals surface area contributed by atoms with Gasteiger partial charge in [-0.15, -0.1) is 6.42 Å². The van der Waals surface area contributed by atoms with Gasteiger partial charge < -0.3 is 4.57 Å². The minimum Gasteiger partial charge on any atom is -0.305 e. The summed E-state index contributed by atoms with van der Waals surface area (Å²) in [5.41, 5.74) is -0.374. The first-order valence-corrected chi connectivity index (χ1v) is 10.2. The highest BCUT2D eigenvalue weighted by Gasteiger charge is 2.30. The van der Waals surface area contributed by atoms with E-state index in [1.165, 1.54) is 22.8 Å². The first-order valence-electron chi connectivity index (χ1n) is 7.86. The molecule has 0 aliphatic heterocycles. The summed E-state index contributed by atoms with van der Waals surface area (Å²) in [7, 11) is -3.92. The third-order valence-corrected chi connectivity index (χ3v) is 5.84. The fraction of sp³-hybridized carbons (Fsp3) is 0.111. The van der Waals surface area contributed by atoms with E-state index < -0.39 is 27.7 Å². The quantitative estimate of drug-likeness (QED) is 0.636. The maximum atomic E-state index is 12.7. The summed E-state index contributed by atoms with van der Waals surface area (Å²) in [6.07, 6.45) is 0.850. The molecule has 3 rings (SSSR count). The molecule has 0 radical (unpaired) electrons. The summed E-state index contributed by atoms with van der Waals surface area (Å²) < 4.78 is 63.1. The lowest BCUT2D eigenvalue weighted by molar-refractivity contribution is -0.137. The number of nitrogens with two attached hydrogens (primary N) is 1. The number of halogens is 3. The summed E-state index contributed by atoms with van der Waals surface area (Å²) in [6, 6.07) is 7.79. The molecule has 11 heteroatoms. The van der Waals surface area contributed by atoms with E-state index in [9.17, 15) is 26.4 Å². The molecule has 0 aliphatic carbocycles. The van der Waals surface area contributed by atoms with Crippen LogP contribution in [0, 0.1) is 12.3 Å². The van der Waals surface area contributed by atoms with E-state index in [0.29, 0.717) is 10.2 Å². The Hall–Kier alpha value is -2.94. The van der Waals surface area contributed by atoms with Crippen LogP contribution < -0.4 is 9.94 Å². The molecule has 3 aromatic rings. The van der Waals surface area contributed by atoms with Gasteiger partial charge in [-0.2, -0.15) is 18.2 Å². The van der Waals surface area contributed by atoms with Crippen LogP contribution in [0.4, 0.5) is 13.2 Å².